The van der Waals surface area contributed by atoms with Crippen LogP contribution in [0.3, 0.4) is 0 Å². The lowest BCUT2D eigenvalue weighted by Gasteiger charge is -2.26. The largest absolute Gasteiger partial charge is 0.468 e. The van der Waals surface area contributed by atoms with Crippen LogP contribution in [0.25, 0.3) is 0 Å². The predicted octanol–water partition coefficient (Wildman–Crippen LogP) is 2.70. The molecule has 0 radical (unpaired) electrons. The SMILES string of the molecule is CCc1nccn1Cc1ccc(S(=O)(=O)N(C)[C@@H](CC(C)C)C(=O)OC)cc1. The number of nitrogens with zero attached hydrogens (tertiary/aromatic N) is 3. The first kappa shape index (κ1) is 22.1. The van der Waals surface area contributed by atoms with Crippen LogP contribution >= 0.6 is 0 Å². The summed E-state index contributed by atoms with van der Waals surface area (Å²) in [6, 6.07) is 5.87. The Kier molecular flexibility index (Phi) is 7.37. The normalized spacial score (nSPS) is 13.1. The predicted molar refractivity (Wildman–Crippen MR) is 107 cm³/mol. The zero-order valence-corrected chi connectivity index (χ0v) is 17.9. The number of likely N-dealkylation sites (N-methyl/N-ethyl adjacent to an activating group) is 1. The Morgan fingerprint density at radius 1 is 1.25 bits per heavy atom. The number of sulfonamides is 1. The van der Waals surface area contributed by atoms with Gasteiger partial charge in [0.1, 0.15) is 11.9 Å². The number of esters is 1. The van der Waals surface area contributed by atoms with E-state index >= 15 is 0 Å². The van der Waals surface area contributed by atoms with Gasteiger partial charge in [0.2, 0.25) is 10.0 Å². The van der Waals surface area contributed by atoms with Crippen molar-refractivity contribution in [3.05, 3.63) is 48.0 Å². The van der Waals surface area contributed by atoms with Gasteiger partial charge < -0.3 is 9.30 Å². The molecule has 2 rings (SSSR count). The lowest BCUT2D eigenvalue weighted by atomic mass is 10.0. The molecule has 0 saturated carbocycles. The molecule has 1 aromatic heterocycles. The summed E-state index contributed by atoms with van der Waals surface area (Å²) in [4.78, 5) is 16.6. The Labute approximate surface area is 167 Å². The van der Waals surface area contributed by atoms with E-state index in [1.807, 2.05) is 31.5 Å². The summed E-state index contributed by atoms with van der Waals surface area (Å²) in [5.74, 6) is 0.571. The van der Waals surface area contributed by atoms with E-state index in [9.17, 15) is 13.2 Å². The maximum atomic E-state index is 13.0. The van der Waals surface area contributed by atoms with Gasteiger partial charge in [-0.1, -0.05) is 32.9 Å². The van der Waals surface area contributed by atoms with Crippen molar-refractivity contribution in [2.24, 2.45) is 5.92 Å². The molecule has 0 aliphatic carbocycles. The molecule has 7 nitrogen and oxygen atoms in total. The van der Waals surface area contributed by atoms with Crippen LogP contribution in [0.15, 0.2) is 41.6 Å². The van der Waals surface area contributed by atoms with Crippen LogP contribution in [-0.2, 0) is 32.5 Å². The van der Waals surface area contributed by atoms with E-state index in [2.05, 4.69) is 4.98 Å². The topological polar surface area (TPSA) is 81.5 Å². The molecule has 0 fully saturated rings. The number of carbonyl (C=O) groups excluding carboxylic acids is 1. The van der Waals surface area contributed by atoms with Crippen LogP contribution in [0.2, 0.25) is 0 Å². The van der Waals surface area contributed by atoms with E-state index < -0.39 is 22.0 Å². The van der Waals surface area contributed by atoms with Gasteiger partial charge in [-0.25, -0.2) is 13.4 Å². The zero-order chi connectivity index (χ0) is 20.9. The molecule has 0 N–H and O–H groups in total. The van der Waals surface area contributed by atoms with E-state index in [1.165, 1.54) is 14.2 Å². The number of aryl methyl sites for hydroxylation is 1. The van der Waals surface area contributed by atoms with E-state index in [0.29, 0.717) is 13.0 Å². The number of benzene rings is 1. The Hall–Kier alpha value is -2.19. The molecule has 1 heterocycles. The first-order chi connectivity index (χ1) is 13.2. The fourth-order valence-electron chi connectivity index (χ4n) is 3.07. The molecule has 0 spiro atoms. The maximum absolute atomic E-state index is 13.0. The second-order valence-electron chi connectivity index (χ2n) is 7.16. The Bertz CT molecular complexity index is 888. The molecule has 0 bridgehead atoms. The standard InChI is InChI=1S/C20H29N3O4S/c1-6-19-21-11-12-23(19)14-16-7-9-17(10-8-16)28(25,26)22(4)18(13-15(2)3)20(24)27-5/h7-12,15,18H,6,13-14H2,1-5H3/t18-/m0/s1. The number of methoxy groups -OCH3 is 1. The molecule has 28 heavy (non-hydrogen) atoms. The molecule has 0 aliphatic rings. The molecule has 2 aromatic rings. The van der Waals surface area contributed by atoms with Crippen molar-refractivity contribution in [1.82, 2.24) is 13.9 Å². The third kappa shape index (κ3) is 4.99. The van der Waals surface area contributed by atoms with Crippen molar-refractivity contribution in [1.29, 1.82) is 0 Å². The average Bonchev–Trinajstić information content (AvgIpc) is 3.12. The first-order valence-corrected chi connectivity index (χ1v) is 10.8. The summed E-state index contributed by atoms with van der Waals surface area (Å²) in [7, 11) is -1.12. The Morgan fingerprint density at radius 2 is 1.89 bits per heavy atom. The van der Waals surface area contributed by atoms with Crippen molar-refractivity contribution in [2.45, 2.75) is 51.1 Å². The minimum atomic E-state index is -3.82. The quantitative estimate of drug-likeness (QED) is 0.597. The smallest absolute Gasteiger partial charge is 0.324 e. The first-order valence-electron chi connectivity index (χ1n) is 9.35. The highest BCUT2D eigenvalue weighted by molar-refractivity contribution is 7.89. The molecule has 0 aliphatic heterocycles. The van der Waals surface area contributed by atoms with E-state index in [4.69, 9.17) is 4.74 Å². The molecular weight excluding hydrogens is 378 g/mol. The molecule has 1 atom stereocenters. The minimum absolute atomic E-state index is 0.145. The van der Waals surface area contributed by atoms with Crippen LogP contribution in [0.1, 0.15) is 38.6 Å². The molecule has 154 valence electrons. The monoisotopic (exact) mass is 407 g/mol. The van der Waals surface area contributed by atoms with Gasteiger partial charge >= 0.3 is 5.97 Å². The summed E-state index contributed by atoms with van der Waals surface area (Å²) < 4.78 is 34.0. The number of aromatic nitrogens is 2. The summed E-state index contributed by atoms with van der Waals surface area (Å²) in [6.07, 6.45) is 4.88. The lowest BCUT2D eigenvalue weighted by molar-refractivity contribution is -0.145. The minimum Gasteiger partial charge on any atom is -0.468 e. The van der Waals surface area contributed by atoms with Crippen molar-refractivity contribution >= 4 is 16.0 Å². The molecular formula is C20H29N3O4S. The van der Waals surface area contributed by atoms with Crippen LogP contribution in [-0.4, -0.2) is 48.4 Å². The zero-order valence-electron chi connectivity index (χ0n) is 17.1. The van der Waals surface area contributed by atoms with Crippen molar-refractivity contribution < 1.29 is 17.9 Å². The fraction of sp³-hybridized carbons (Fsp3) is 0.500. The highest BCUT2D eigenvalue weighted by Gasteiger charge is 2.34. The van der Waals surface area contributed by atoms with Gasteiger partial charge in [0.05, 0.1) is 12.0 Å². The van der Waals surface area contributed by atoms with Crippen LogP contribution < -0.4 is 0 Å². The molecule has 8 heteroatoms. The van der Waals surface area contributed by atoms with Gasteiger partial charge in [-0.2, -0.15) is 4.31 Å². The lowest BCUT2D eigenvalue weighted by Crippen LogP contribution is -2.43. The second kappa shape index (κ2) is 9.34. The average molecular weight is 408 g/mol. The Balaban J connectivity index is 2.23. The van der Waals surface area contributed by atoms with E-state index in [0.717, 1.165) is 22.1 Å². The van der Waals surface area contributed by atoms with Crippen LogP contribution in [0.4, 0.5) is 0 Å². The Morgan fingerprint density at radius 3 is 2.43 bits per heavy atom. The van der Waals surface area contributed by atoms with Crippen LogP contribution in [0, 0.1) is 5.92 Å². The third-order valence-electron chi connectivity index (χ3n) is 4.68. The molecule has 0 amide bonds. The third-order valence-corrected chi connectivity index (χ3v) is 6.56. The highest BCUT2D eigenvalue weighted by atomic mass is 32.2. The number of ether oxygens (including phenoxy) is 1. The molecule has 1 aromatic carbocycles. The maximum Gasteiger partial charge on any atom is 0.324 e. The van der Waals surface area contributed by atoms with E-state index in [1.54, 1.807) is 30.5 Å². The van der Waals surface area contributed by atoms with Gasteiger partial charge in [-0.05, 0) is 30.0 Å². The van der Waals surface area contributed by atoms with Gasteiger partial charge in [0.25, 0.3) is 0 Å². The number of carbonyl (C=O) groups is 1. The van der Waals surface area contributed by atoms with Crippen LogP contribution in [0.5, 0.6) is 0 Å². The number of rotatable bonds is 9. The summed E-state index contributed by atoms with van der Waals surface area (Å²) in [5, 5.41) is 0. The number of hydrogen-bond acceptors (Lipinski definition) is 5. The van der Waals surface area contributed by atoms with Gasteiger partial charge in [0.15, 0.2) is 0 Å². The van der Waals surface area contributed by atoms with E-state index in [-0.39, 0.29) is 10.8 Å². The molecule has 0 unspecified atom stereocenters. The van der Waals surface area contributed by atoms with Gasteiger partial charge in [-0.3, -0.25) is 4.79 Å². The number of hydrogen-bond donors (Lipinski definition) is 0. The van der Waals surface area contributed by atoms with Crippen molar-refractivity contribution in [3.63, 3.8) is 0 Å². The number of imidazole rings is 1. The van der Waals surface area contributed by atoms with Crippen molar-refractivity contribution in [2.75, 3.05) is 14.2 Å². The van der Waals surface area contributed by atoms with Gasteiger partial charge in [0, 0.05) is 32.4 Å². The highest BCUT2D eigenvalue weighted by Crippen LogP contribution is 2.22. The fourth-order valence-corrected chi connectivity index (χ4v) is 4.39. The second-order valence-corrected chi connectivity index (χ2v) is 9.16. The molecule has 0 saturated heterocycles. The summed E-state index contributed by atoms with van der Waals surface area (Å²) in [6.45, 7) is 6.54. The van der Waals surface area contributed by atoms with Gasteiger partial charge in [-0.15, -0.1) is 0 Å². The van der Waals surface area contributed by atoms with Crippen molar-refractivity contribution in [3.8, 4) is 0 Å². The summed E-state index contributed by atoms with van der Waals surface area (Å²) in [5.41, 5.74) is 0.973. The summed E-state index contributed by atoms with van der Waals surface area (Å²) >= 11 is 0.